The molecule has 3 nitrogen and oxygen atoms in total. The van der Waals surface area contributed by atoms with E-state index in [4.69, 9.17) is 4.43 Å². The molecule has 2 aromatic rings. The molecule has 0 radical (unpaired) electrons. The molecule has 4 saturated carbocycles. The van der Waals surface area contributed by atoms with Crippen molar-refractivity contribution < 1.29 is 27.5 Å². The van der Waals surface area contributed by atoms with Crippen molar-refractivity contribution in [3.05, 3.63) is 82.9 Å². The fourth-order valence-corrected chi connectivity index (χ4v) is 8.85. The summed E-state index contributed by atoms with van der Waals surface area (Å²) >= 11 is 0. The second-order valence-electron chi connectivity index (χ2n) is 14.8. The molecule has 0 heterocycles. The fourth-order valence-electron chi connectivity index (χ4n) is 7.83. The normalized spacial score (nSPS) is 25.9. The Labute approximate surface area is 255 Å². The smallest absolute Gasteiger partial charge is 0.416 e. The van der Waals surface area contributed by atoms with Crippen LogP contribution < -0.4 is 4.43 Å². The zero-order valence-corrected chi connectivity index (χ0v) is 27.1. The number of benzene rings is 2. The third-order valence-corrected chi connectivity index (χ3v) is 14.9. The van der Waals surface area contributed by atoms with Gasteiger partial charge in [-0.25, -0.2) is 4.79 Å². The summed E-state index contributed by atoms with van der Waals surface area (Å²) < 4.78 is 47.2. The molecule has 4 aliphatic rings. The molecular weight excluding hydrogens is 565 g/mol. The van der Waals surface area contributed by atoms with Crippen LogP contribution in [-0.4, -0.2) is 19.4 Å². The van der Waals surface area contributed by atoms with Crippen LogP contribution in [0.4, 0.5) is 13.2 Å². The summed E-state index contributed by atoms with van der Waals surface area (Å²) in [6.45, 7) is 11.4. The third kappa shape index (κ3) is 6.97. The van der Waals surface area contributed by atoms with E-state index in [2.05, 4.69) is 52.1 Å². The Balaban J connectivity index is 1.45. The monoisotopic (exact) mass is 610 g/mol. The minimum absolute atomic E-state index is 0.0564. The predicted molar refractivity (Wildman–Crippen MR) is 169 cm³/mol. The van der Waals surface area contributed by atoms with E-state index in [1.807, 2.05) is 6.08 Å². The van der Waals surface area contributed by atoms with Crippen molar-refractivity contribution in [3.63, 3.8) is 0 Å². The van der Waals surface area contributed by atoms with Crippen LogP contribution in [-0.2, 0) is 22.8 Å². The van der Waals surface area contributed by atoms with Gasteiger partial charge in [0.05, 0.1) is 5.56 Å². The molecule has 0 saturated heterocycles. The first kappa shape index (κ1) is 31.6. The van der Waals surface area contributed by atoms with E-state index in [0.717, 1.165) is 47.3 Å². The van der Waals surface area contributed by atoms with E-state index in [1.54, 1.807) is 6.07 Å². The van der Waals surface area contributed by atoms with Crippen LogP contribution >= 0.6 is 0 Å². The second kappa shape index (κ2) is 11.6. The van der Waals surface area contributed by atoms with Gasteiger partial charge in [0.25, 0.3) is 0 Å². The number of hydrogen-bond acceptors (Lipinski definition) is 2. The lowest BCUT2D eigenvalue weighted by Gasteiger charge is -2.57. The number of alkyl halides is 3. The molecule has 2 aromatic carbocycles. The Kier molecular flexibility index (Phi) is 8.53. The molecule has 0 spiro atoms. The van der Waals surface area contributed by atoms with Gasteiger partial charge < -0.3 is 9.53 Å². The number of aliphatic carboxylic acids is 1. The lowest BCUT2D eigenvalue weighted by atomic mass is 9.48. The summed E-state index contributed by atoms with van der Waals surface area (Å²) in [5.74, 6) is 2.35. The number of carboxylic acids is 1. The van der Waals surface area contributed by atoms with Gasteiger partial charge in [-0.15, -0.1) is 0 Å². The van der Waals surface area contributed by atoms with Crippen LogP contribution in [0.1, 0.15) is 88.0 Å². The van der Waals surface area contributed by atoms with Gasteiger partial charge in [-0.3, -0.25) is 0 Å². The molecule has 0 aromatic heterocycles. The SMILES string of the molecule is CC(C)(C)[Si](C)(C)Oc1cc(CC/C=C(/C=C\C(=O)O)c2cccc(C(F)(F)F)c2)ccc1C12CC3CC(CC(C3)C1)C2. The van der Waals surface area contributed by atoms with Crippen LogP contribution in [0.15, 0.2) is 60.7 Å². The number of carbonyl (C=O) groups is 1. The first-order valence-electron chi connectivity index (χ1n) is 15.7. The summed E-state index contributed by atoms with van der Waals surface area (Å²) in [5.41, 5.74) is 2.73. The van der Waals surface area contributed by atoms with Crippen molar-refractivity contribution in [1.82, 2.24) is 0 Å². The highest BCUT2D eigenvalue weighted by Crippen LogP contribution is 2.62. The van der Waals surface area contributed by atoms with Crippen LogP contribution in [0.2, 0.25) is 18.1 Å². The van der Waals surface area contributed by atoms with Crippen molar-refractivity contribution in [1.29, 1.82) is 0 Å². The lowest BCUT2D eigenvalue weighted by Crippen LogP contribution is -2.49. The first-order valence-corrected chi connectivity index (χ1v) is 18.6. The highest BCUT2D eigenvalue weighted by Gasteiger charge is 2.53. The molecule has 4 fully saturated rings. The van der Waals surface area contributed by atoms with Crippen molar-refractivity contribution in [2.45, 2.75) is 102 Å². The van der Waals surface area contributed by atoms with Crippen LogP contribution in [0, 0.1) is 17.8 Å². The molecule has 43 heavy (non-hydrogen) atoms. The Bertz CT molecular complexity index is 1380. The molecule has 0 atom stereocenters. The van der Waals surface area contributed by atoms with Gasteiger partial charge in [0.1, 0.15) is 5.75 Å². The predicted octanol–water partition coefficient (Wildman–Crippen LogP) is 10.2. The second-order valence-corrected chi connectivity index (χ2v) is 19.6. The number of carboxylic acid groups (broad SMARTS) is 1. The van der Waals surface area contributed by atoms with E-state index in [1.165, 1.54) is 56.2 Å². The summed E-state index contributed by atoms with van der Waals surface area (Å²) in [5, 5.41) is 9.24. The van der Waals surface area contributed by atoms with Gasteiger partial charge in [-0.1, -0.05) is 51.1 Å². The molecule has 1 N–H and O–H groups in total. The standard InChI is InChI=1S/C36H45F3O3Si/c1-34(2,3)43(4,5)42-32-19-24(12-14-31(32)35-21-25-16-26(22-35)18-27(17-25)23-35)8-6-9-28(13-15-33(40)41)29-10-7-11-30(20-29)36(37,38)39/h7,9-15,19-20,25-27H,6,8,16-18,21-23H2,1-5H3,(H,40,41)/b15-13-,28-9-. The maximum absolute atomic E-state index is 13.4. The van der Waals surface area contributed by atoms with Gasteiger partial charge in [0.15, 0.2) is 0 Å². The molecular formula is C36H45F3O3Si. The van der Waals surface area contributed by atoms with Gasteiger partial charge in [0, 0.05) is 6.08 Å². The number of aryl methyl sites for hydroxylation is 1. The Morgan fingerprint density at radius 2 is 1.60 bits per heavy atom. The van der Waals surface area contributed by atoms with Gasteiger partial charge >= 0.3 is 12.1 Å². The number of halogens is 3. The minimum Gasteiger partial charge on any atom is -0.543 e. The van der Waals surface area contributed by atoms with Gasteiger partial charge in [0.2, 0.25) is 8.32 Å². The molecule has 0 aliphatic heterocycles. The molecule has 0 amide bonds. The number of hydrogen-bond donors (Lipinski definition) is 1. The van der Waals surface area contributed by atoms with Crippen LogP contribution in [0.25, 0.3) is 5.57 Å². The molecule has 4 bridgehead atoms. The van der Waals surface area contributed by atoms with Gasteiger partial charge in [-0.2, -0.15) is 13.2 Å². The maximum atomic E-state index is 13.4. The maximum Gasteiger partial charge on any atom is 0.416 e. The van der Waals surface area contributed by atoms with Crippen molar-refractivity contribution >= 4 is 19.9 Å². The van der Waals surface area contributed by atoms with E-state index >= 15 is 0 Å². The highest BCUT2D eigenvalue weighted by molar-refractivity contribution is 6.74. The summed E-state index contributed by atoms with van der Waals surface area (Å²) in [6, 6.07) is 11.8. The Morgan fingerprint density at radius 3 is 2.16 bits per heavy atom. The summed E-state index contributed by atoms with van der Waals surface area (Å²) in [7, 11) is -2.12. The molecule has 6 rings (SSSR count). The quantitative estimate of drug-likeness (QED) is 0.175. The lowest BCUT2D eigenvalue weighted by molar-refractivity contribution is -0.137. The van der Waals surface area contributed by atoms with E-state index < -0.39 is 26.0 Å². The summed E-state index contributed by atoms with van der Waals surface area (Å²) in [4.78, 5) is 11.2. The van der Waals surface area contributed by atoms with Crippen molar-refractivity contribution in [3.8, 4) is 5.75 Å². The average molecular weight is 611 g/mol. The topological polar surface area (TPSA) is 46.5 Å². The zero-order valence-electron chi connectivity index (χ0n) is 26.1. The average Bonchev–Trinajstić information content (AvgIpc) is 2.88. The van der Waals surface area contributed by atoms with E-state index in [0.29, 0.717) is 24.0 Å². The van der Waals surface area contributed by atoms with E-state index in [9.17, 15) is 23.1 Å². The molecule has 0 unspecified atom stereocenters. The molecule has 4 aliphatic carbocycles. The Hall–Kier alpha value is -2.80. The van der Waals surface area contributed by atoms with Crippen LogP contribution in [0.5, 0.6) is 5.75 Å². The van der Waals surface area contributed by atoms with Crippen molar-refractivity contribution in [2.24, 2.45) is 17.8 Å². The zero-order chi connectivity index (χ0) is 31.2. The van der Waals surface area contributed by atoms with Gasteiger partial charge in [-0.05, 0) is 139 Å². The first-order chi connectivity index (χ1) is 20.0. The number of allylic oxidation sites excluding steroid dienone is 3. The third-order valence-electron chi connectivity index (χ3n) is 10.6. The summed E-state index contributed by atoms with van der Waals surface area (Å²) in [6.07, 6.45) is 8.82. The van der Waals surface area contributed by atoms with Crippen molar-refractivity contribution in [2.75, 3.05) is 0 Å². The fraction of sp³-hybridized carbons (Fsp3) is 0.528. The molecule has 7 heteroatoms. The highest BCUT2D eigenvalue weighted by atomic mass is 28.4. The molecule has 232 valence electrons. The Morgan fingerprint density at radius 1 is 0.977 bits per heavy atom. The minimum atomic E-state index is -4.48. The number of rotatable bonds is 9. The van der Waals surface area contributed by atoms with E-state index in [-0.39, 0.29) is 10.5 Å². The largest absolute Gasteiger partial charge is 0.543 e. The van der Waals surface area contributed by atoms with Crippen LogP contribution in [0.3, 0.4) is 0 Å².